The first-order valence-corrected chi connectivity index (χ1v) is 9.81. The number of rotatable bonds is 9. The van der Waals surface area contributed by atoms with Crippen LogP contribution < -0.4 is 4.74 Å². The Bertz CT molecular complexity index is 1040. The number of carboxylic acid groups (broad SMARTS) is 1. The van der Waals surface area contributed by atoms with Crippen LogP contribution in [0.4, 0.5) is 0 Å². The van der Waals surface area contributed by atoms with Gasteiger partial charge in [-0.3, -0.25) is 0 Å². The molecule has 1 N–H and O–H groups in total. The molecule has 0 bridgehead atoms. The zero-order valence-electron chi connectivity index (χ0n) is 17.3. The molecule has 6 nitrogen and oxygen atoms in total. The summed E-state index contributed by atoms with van der Waals surface area (Å²) >= 11 is 0. The number of hydrogen-bond donors (Lipinski definition) is 1. The summed E-state index contributed by atoms with van der Waals surface area (Å²) in [7, 11) is 0. The second-order valence-electron chi connectivity index (χ2n) is 6.75. The molecule has 30 heavy (non-hydrogen) atoms. The number of carboxylic acids is 1. The molecule has 1 heterocycles. The largest absolute Gasteiger partial charge is 0.493 e. The number of nitrogens with zero attached hydrogens (tertiary/aromatic N) is 1. The van der Waals surface area contributed by atoms with Crippen molar-refractivity contribution in [3.05, 3.63) is 76.9 Å². The Balaban J connectivity index is 1.63. The van der Waals surface area contributed by atoms with Gasteiger partial charge in [0.25, 0.3) is 0 Å². The van der Waals surface area contributed by atoms with Crippen molar-refractivity contribution in [2.24, 2.45) is 0 Å². The molecule has 0 aliphatic heterocycles. The molecule has 0 atom stereocenters. The summed E-state index contributed by atoms with van der Waals surface area (Å²) in [5, 5.41) is 9.20. The van der Waals surface area contributed by atoms with Gasteiger partial charge in [0, 0.05) is 12.0 Å². The average molecular weight is 407 g/mol. The summed E-state index contributed by atoms with van der Waals surface area (Å²) in [5.74, 6) is 0.937. The summed E-state index contributed by atoms with van der Waals surface area (Å²) in [5.41, 5.74) is 3.48. The predicted octanol–water partition coefficient (Wildman–Crippen LogP) is 5.04. The molecule has 156 valence electrons. The lowest BCUT2D eigenvalue weighted by Crippen LogP contribution is -2.05. The average Bonchev–Trinajstić information content (AvgIpc) is 3.10. The zero-order chi connectivity index (χ0) is 21.5. The van der Waals surface area contributed by atoms with E-state index in [1.807, 2.05) is 62.4 Å². The summed E-state index contributed by atoms with van der Waals surface area (Å²) in [6, 6.07) is 15.3. The van der Waals surface area contributed by atoms with Gasteiger partial charge < -0.3 is 19.0 Å². The maximum Gasteiger partial charge on any atom is 0.371 e. The Morgan fingerprint density at radius 3 is 2.60 bits per heavy atom. The molecule has 2 aromatic carbocycles. The predicted molar refractivity (Wildman–Crippen MR) is 114 cm³/mol. The molecule has 0 unspecified atom stereocenters. The number of ether oxygens (including phenoxy) is 2. The second-order valence-corrected chi connectivity index (χ2v) is 6.75. The van der Waals surface area contributed by atoms with Gasteiger partial charge in [0.15, 0.2) is 0 Å². The Morgan fingerprint density at radius 2 is 1.93 bits per heavy atom. The van der Waals surface area contributed by atoms with Gasteiger partial charge in [0.05, 0.1) is 18.9 Å². The van der Waals surface area contributed by atoms with Crippen LogP contribution >= 0.6 is 0 Å². The van der Waals surface area contributed by atoms with Crippen LogP contribution in [-0.2, 0) is 16.0 Å². The van der Waals surface area contributed by atoms with Crippen molar-refractivity contribution in [2.75, 3.05) is 13.2 Å². The van der Waals surface area contributed by atoms with Crippen LogP contribution in [0, 0.1) is 13.8 Å². The fraction of sp³-hybridized carbons (Fsp3) is 0.250. The number of aryl methyl sites for hydroxylation is 2. The van der Waals surface area contributed by atoms with Crippen LogP contribution in [0.5, 0.6) is 5.75 Å². The quantitative estimate of drug-likeness (QED) is 0.395. The highest BCUT2D eigenvalue weighted by molar-refractivity contribution is 5.90. The van der Waals surface area contributed by atoms with Crippen LogP contribution in [0.1, 0.15) is 29.5 Å². The summed E-state index contributed by atoms with van der Waals surface area (Å²) in [6.07, 6.45) is 2.14. The molecule has 0 saturated carbocycles. The summed E-state index contributed by atoms with van der Waals surface area (Å²) in [6.45, 7) is 6.30. The number of aliphatic carboxylic acids is 1. The van der Waals surface area contributed by atoms with E-state index in [0.29, 0.717) is 31.3 Å². The molecule has 0 spiro atoms. The molecule has 0 amide bonds. The van der Waals surface area contributed by atoms with Crippen molar-refractivity contribution in [2.45, 2.75) is 27.2 Å². The van der Waals surface area contributed by atoms with E-state index >= 15 is 0 Å². The van der Waals surface area contributed by atoms with Gasteiger partial charge in [-0.25, -0.2) is 9.78 Å². The van der Waals surface area contributed by atoms with E-state index in [1.165, 1.54) is 6.08 Å². The van der Waals surface area contributed by atoms with Gasteiger partial charge in [-0.05, 0) is 62.2 Å². The molecule has 3 aromatic rings. The van der Waals surface area contributed by atoms with E-state index in [4.69, 9.17) is 13.9 Å². The molecule has 0 aliphatic carbocycles. The lowest BCUT2D eigenvalue weighted by atomic mass is 10.1. The van der Waals surface area contributed by atoms with Crippen LogP contribution in [0.3, 0.4) is 0 Å². The molecule has 0 aliphatic rings. The third-order valence-corrected chi connectivity index (χ3v) is 4.56. The van der Waals surface area contributed by atoms with E-state index in [1.54, 1.807) is 6.92 Å². The van der Waals surface area contributed by atoms with E-state index in [2.05, 4.69) is 4.98 Å². The smallest absolute Gasteiger partial charge is 0.371 e. The Kier molecular flexibility index (Phi) is 6.91. The Labute approximate surface area is 175 Å². The SMILES string of the molecule is CCO/C(=C\c1ccc(OCCc2nc(-c3ccccc3)oc2C)cc1C)C(=O)O. The number of hydrogen-bond acceptors (Lipinski definition) is 5. The zero-order valence-corrected chi connectivity index (χ0v) is 17.3. The van der Waals surface area contributed by atoms with Crippen molar-refractivity contribution in [1.29, 1.82) is 0 Å². The van der Waals surface area contributed by atoms with Gasteiger partial charge in [0.1, 0.15) is 11.5 Å². The van der Waals surface area contributed by atoms with Crippen molar-refractivity contribution in [3.63, 3.8) is 0 Å². The minimum absolute atomic E-state index is 0.0787. The van der Waals surface area contributed by atoms with Crippen molar-refractivity contribution in [3.8, 4) is 17.2 Å². The maximum atomic E-state index is 11.2. The first kappa shape index (κ1) is 21.2. The Morgan fingerprint density at radius 1 is 1.17 bits per heavy atom. The molecule has 0 saturated heterocycles. The van der Waals surface area contributed by atoms with Crippen LogP contribution in [0.2, 0.25) is 0 Å². The lowest BCUT2D eigenvalue weighted by Gasteiger charge is -2.09. The minimum atomic E-state index is -1.09. The first-order valence-electron chi connectivity index (χ1n) is 9.81. The number of carbonyl (C=O) groups is 1. The van der Waals surface area contributed by atoms with Gasteiger partial charge in [0.2, 0.25) is 11.6 Å². The van der Waals surface area contributed by atoms with E-state index < -0.39 is 5.97 Å². The molecule has 6 heteroatoms. The van der Waals surface area contributed by atoms with Gasteiger partial charge in [-0.15, -0.1) is 0 Å². The van der Waals surface area contributed by atoms with E-state index in [-0.39, 0.29) is 5.76 Å². The monoisotopic (exact) mass is 407 g/mol. The van der Waals surface area contributed by atoms with E-state index in [9.17, 15) is 9.90 Å². The molecular formula is C24H25NO5. The van der Waals surface area contributed by atoms with Crippen molar-refractivity contribution in [1.82, 2.24) is 4.98 Å². The molecule has 0 fully saturated rings. The van der Waals surface area contributed by atoms with E-state index in [0.717, 1.165) is 28.1 Å². The summed E-state index contributed by atoms with van der Waals surface area (Å²) < 4.78 is 16.8. The Hall–Kier alpha value is -3.54. The highest BCUT2D eigenvalue weighted by Crippen LogP contribution is 2.23. The minimum Gasteiger partial charge on any atom is -0.493 e. The van der Waals surface area contributed by atoms with Crippen molar-refractivity contribution >= 4 is 12.0 Å². The van der Waals surface area contributed by atoms with Gasteiger partial charge in [-0.1, -0.05) is 24.3 Å². The highest BCUT2D eigenvalue weighted by Gasteiger charge is 2.12. The van der Waals surface area contributed by atoms with Crippen LogP contribution in [0.15, 0.2) is 58.7 Å². The fourth-order valence-corrected chi connectivity index (χ4v) is 2.99. The highest BCUT2D eigenvalue weighted by atomic mass is 16.5. The fourth-order valence-electron chi connectivity index (χ4n) is 2.99. The number of aromatic nitrogens is 1. The first-order chi connectivity index (χ1) is 14.5. The topological polar surface area (TPSA) is 81.8 Å². The third-order valence-electron chi connectivity index (χ3n) is 4.56. The standard InChI is InChI=1S/C24H25NO5/c1-4-28-22(24(26)27)15-19-10-11-20(14-16(19)2)29-13-12-21-17(3)30-23(25-21)18-8-6-5-7-9-18/h5-11,14-15H,4,12-13H2,1-3H3,(H,26,27)/b22-15-. The number of oxazole rings is 1. The number of benzene rings is 2. The molecule has 3 rings (SSSR count). The summed E-state index contributed by atoms with van der Waals surface area (Å²) in [4.78, 5) is 15.8. The van der Waals surface area contributed by atoms with Crippen molar-refractivity contribution < 1.29 is 23.8 Å². The third kappa shape index (κ3) is 5.29. The van der Waals surface area contributed by atoms with Crippen LogP contribution in [-0.4, -0.2) is 29.3 Å². The lowest BCUT2D eigenvalue weighted by molar-refractivity contribution is -0.136. The molecule has 0 radical (unpaired) electrons. The molecule has 1 aromatic heterocycles. The van der Waals surface area contributed by atoms with Gasteiger partial charge in [-0.2, -0.15) is 0 Å². The molecular weight excluding hydrogens is 382 g/mol. The maximum absolute atomic E-state index is 11.2. The van der Waals surface area contributed by atoms with Crippen LogP contribution in [0.25, 0.3) is 17.5 Å². The normalized spacial score (nSPS) is 11.4. The second kappa shape index (κ2) is 9.78. The van der Waals surface area contributed by atoms with Gasteiger partial charge >= 0.3 is 5.97 Å².